The van der Waals surface area contributed by atoms with Crippen molar-refractivity contribution in [2.45, 2.75) is 20.4 Å². The van der Waals surface area contributed by atoms with Gasteiger partial charge < -0.3 is 5.32 Å². The first-order valence-electron chi connectivity index (χ1n) is 5.55. The summed E-state index contributed by atoms with van der Waals surface area (Å²) in [7, 11) is 0. The van der Waals surface area contributed by atoms with Gasteiger partial charge in [-0.3, -0.25) is 0 Å². The first kappa shape index (κ1) is 13.1. The molecule has 0 radical (unpaired) electrons. The number of nitrogens with one attached hydrogen (secondary N) is 1. The molecule has 3 nitrogen and oxygen atoms in total. The second kappa shape index (κ2) is 5.55. The van der Waals surface area contributed by atoms with Crippen LogP contribution in [0.3, 0.4) is 0 Å². The average Bonchev–Trinajstić information content (AvgIpc) is 2.34. The van der Waals surface area contributed by atoms with Crippen LogP contribution in [0.4, 0.5) is 5.82 Å². The van der Waals surface area contributed by atoms with Crippen molar-refractivity contribution in [1.29, 1.82) is 0 Å². The summed E-state index contributed by atoms with van der Waals surface area (Å²) >= 11 is 11.9. The van der Waals surface area contributed by atoms with Gasteiger partial charge in [0.1, 0.15) is 16.8 Å². The number of anilines is 1. The van der Waals surface area contributed by atoms with E-state index < -0.39 is 0 Å². The van der Waals surface area contributed by atoms with Crippen LogP contribution in [-0.2, 0) is 6.54 Å². The molecule has 0 amide bonds. The molecule has 0 fully saturated rings. The number of benzene rings is 1. The van der Waals surface area contributed by atoms with Crippen LogP contribution in [0.25, 0.3) is 0 Å². The Kier molecular flexibility index (Phi) is 4.04. The molecule has 1 aromatic carbocycles. The zero-order valence-electron chi connectivity index (χ0n) is 10.2. The molecule has 18 heavy (non-hydrogen) atoms. The summed E-state index contributed by atoms with van der Waals surface area (Å²) in [5.41, 5.74) is 1.99. The molecule has 5 heteroatoms. The van der Waals surface area contributed by atoms with Crippen LogP contribution >= 0.6 is 23.2 Å². The Morgan fingerprint density at radius 1 is 1.06 bits per heavy atom. The summed E-state index contributed by atoms with van der Waals surface area (Å²) < 4.78 is 0. The standard InChI is InChI=1S/C13H13Cl2N3/c1-8-12(15)17-9(2)18-13(8)16-7-10-3-5-11(14)6-4-10/h3-6H,7H2,1-2H3,(H,16,17,18). The molecule has 0 spiro atoms. The van der Waals surface area contributed by atoms with Crippen molar-refractivity contribution in [3.8, 4) is 0 Å². The van der Waals surface area contributed by atoms with Crippen LogP contribution in [-0.4, -0.2) is 9.97 Å². The minimum atomic E-state index is 0.487. The van der Waals surface area contributed by atoms with Gasteiger partial charge >= 0.3 is 0 Å². The zero-order valence-corrected chi connectivity index (χ0v) is 11.7. The van der Waals surface area contributed by atoms with Crippen LogP contribution in [0.15, 0.2) is 24.3 Å². The maximum absolute atomic E-state index is 6.01. The quantitative estimate of drug-likeness (QED) is 0.864. The Morgan fingerprint density at radius 2 is 1.72 bits per heavy atom. The van der Waals surface area contributed by atoms with E-state index in [2.05, 4.69) is 15.3 Å². The number of hydrogen-bond donors (Lipinski definition) is 1. The summed E-state index contributed by atoms with van der Waals surface area (Å²) in [4.78, 5) is 8.43. The van der Waals surface area contributed by atoms with E-state index in [1.54, 1.807) is 0 Å². The van der Waals surface area contributed by atoms with Crippen LogP contribution in [0.5, 0.6) is 0 Å². The Labute approximate surface area is 116 Å². The number of hydrogen-bond acceptors (Lipinski definition) is 3. The molecular weight excluding hydrogens is 269 g/mol. The van der Waals surface area contributed by atoms with E-state index in [0.717, 1.165) is 22.0 Å². The van der Waals surface area contributed by atoms with Crippen molar-refractivity contribution in [2.24, 2.45) is 0 Å². The molecular formula is C13H13Cl2N3. The fraction of sp³-hybridized carbons (Fsp3) is 0.231. The van der Waals surface area contributed by atoms with Crippen LogP contribution in [0.2, 0.25) is 10.2 Å². The Bertz CT molecular complexity index is 553. The molecule has 2 rings (SSSR count). The summed E-state index contributed by atoms with van der Waals surface area (Å²) in [6, 6.07) is 7.67. The molecule has 0 aliphatic heterocycles. The SMILES string of the molecule is Cc1nc(Cl)c(C)c(NCc2ccc(Cl)cc2)n1. The second-order valence-corrected chi connectivity index (χ2v) is 4.81. The van der Waals surface area contributed by atoms with Gasteiger partial charge in [-0.15, -0.1) is 0 Å². The van der Waals surface area contributed by atoms with Gasteiger partial charge in [-0.25, -0.2) is 9.97 Å². The fourth-order valence-corrected chi connectivity index (χ4v) is 1.89. The number of rotatable bonds is 3. The van der Waals surface area contributed by atoms with Gasteiger partial charge in [0.15, 0.2) is 0 Å². The maximum atomic E-state index is 6.01. The summed E-state index contributed by atoms with van der Waals surface area (Å²) in [5.74, 6) is 1.42. The highest BCUT2D eigenvalue weighted by molar-refractivity contribution is 6.30. The van der Waals surface area contributed by atoms with Crippen LogP contribution < -0.4 is 5.32 Å². The third-order valence-electron chi connectivity index (χ3n) is 2.57. The number of halogens is 2. The lowest BCUT2D eigenvalue weighted by atomic mass is 10.2. The molecule has 94 valence electrons. The van der Waals surface area contributed by atoms with Crippen LogP contribution in [0.1, 0.15) is 17.0 Å². The third-order valence-corrected chi connectivity index (χ3v) is 3.19. The smallest absolute Gasteiger partial charge is 0.137 e. The molecule has 0 aliphatic carbocycles. The summed E-state index contributed by atoms with van der Waals surface area (Å²) in [6.45, 7) is 4.38. The van der Waals surface area contributed by atoms with E-state index in [1.165, 1.54) is 0 Å². The predicted octanol–water partition coefficient (Wildman–Crippen LogP) is 4.01. The monoisotopic (exact) mass is 281 g/mol. The van der Waals surface area contributed by atoms with Crippen LogP contribution in [0, 0.1) is 13.8 Å². The largest absolute Gasteiger partial charge is 0.366 e. The van der Waals surface area contributed by atoms with E-state index in [-0.39, 0.29) is 0 Å². The minimum absolute atomic E-state index is 0.487. The average molecular weight is 282 g/mol. The minimum Gasteiger partial charge on any atom is -0.366 e. The van der Waals surface area contributed by atoms with Crippen molar-refractivity contribution in [3.05, 3.63) is 51.4 Å². The molecule has 0 aliphatic rings. The van der Waals surface area contributed by atoms with E-state index in [1.807, 2.05) is 38.1 Å². The predicted molar refractivity (Wildman–Crippen MR) is 75.3 cm³/mol. The molecule has 0 unspecified atom stereocenters. The zero-order chi connectivity index (χ0) is 13.1. The van der Waals surface area contributed by atoms with E-state index in [0.29, 0.717) is 17.5 Å². The highest BCUT2D eigenvalue weighted by Crippen LogP contribution is 2.20. The molecule has 1 heterocycles. The first-order valence-corrected chi connectivity index (χ1v) is 6.31. The second-order valence-electron chi connectivity index (χ2n) is 4.02. The van der Waals surface area contributed by atoms with Gasteiger partial charge in [-0.2, -0.15) is 0 Å². The highest BCUT2D eigenvalue weighted by Gasteiger charge is 2.06. The Hall–Kier alpha value is -1.32. The van der Waals surface area contributed by atoms with Crippen molar-refractivity contribution in [2.75, 3.05) is 5.32 Å². The molecule has 0 saturated heterocycles. The molecule has 0 bridgehead atoms. The lowest BCUT2D eigenvalue weighted by molar-refractivity contribution is 1.00. The van der Waals surface area contributed by atoms with Gasteiger partial charge in [-0.1, -0.05) is 35.3 Å². The molecule has 1 aromatic heterocycles. The molecule has 2 aromatic rings. The lowest BCUT2D eigenvalue weighted by Crippen LogP contribution is -2.05. The number of aromatic nitrogens is 2. The van der Waals surface area contributed by atoms with Crippen molar-refractivity contribution < 1.29 is 0 Å². The van der Waals surface area contributed by atoms with E-state index in [9.17, 15) is 0 Å². The fourth-order valence-electron chi connectivity index (χ4n) is 1.55. The topological polar surface area (TPSA) is 37.8 Å². The lowest BCUT2D eigenvalue weighted by Gasteiger charge is -2.10. The highest BCUT2D eigenvalue weighted by atomic mass is 35.5. The van der Waals surface area contributed by atoms with Gasteiger partial charge in [0.25, 0.3) is 0 Å². The Balaban J connectivity index is 2.13. The third kappa shape index (κ3) is 3.12. The number of aryl methyl sites for hydroxylation is 1. The first-order chi connectivity index (χ1) is 8.56. The van der Waals surface area contributed by atoms with Gasteiger partial charge in [0.2, 0.25) is 0 Å². The van der Waals surface area contributed by atoms with Gasteiger partial charge in [-0.05, 0) is 31.5 Å². The van der Waals surface area contributed by atoms with Crippen molar-refractivity contribution >= 4 is 29.0 Å². The van der Waals surface area contributed by atoms with Gasteiger partial charge in [0.05, 0.1) is 0 Å². The Morgan fingerprint density at radius 3 is 2.39 bits per heavy atom. The normalized spacial score (nSPS) is 10.4. The summed E-state index contributed by atoms with van der Waals surface area (Å²) in [6.07, 6.45) is 0. The van der Waals surface area contributed by atoms with Crippen molar-refractivity contribution in [1.82, 2.24) is 9.97 Å². The van der Waals surface area contributed by atoms with Crippen molar-refractivity contribution in [3.63, 3.8) is 0 Å². The summed E-state index contributed by atoms with van der Waals surface area (Å²) in [5, 5.41) is 4.47. The molecule has 0 saturated carbocycles. The maximum Gasteiger partial charge on any atom is 0.137 e. The van der Waals surface area contributed by atoms with Gasteiger partial charge in [0, 0.05) is 17.1 Å². The number of nitrogens with zero attached hydrogens (tertiary/aromatic N) is 2. The van der Waals surface area contributed by atoms with E-state index in [4.69, 9.17) is 23.2 Å². The van der Waals surface area contributed by atoms with E-state index >= 15 is 0 Å². The molecule has 1 N–H and O–H groups in total. The molecule has 0 atom stereocenters.